The van der Waals surface area contributed by atoms with Gasteiger partial charge in [-0.3, -0.25) is 9.59 Å². The van der Waals surface area contributed by atoms with Crippen LogP contribution in [0.2, 0.25) is 0 Å². The van der Waals surface area contributed by atoms with Gasteiger partial charge in [-0.15, -0.1) is 0 Å². The van der Waals surface area contributed by atoms with E-state index in [-0.39, 0.29) is 25.5 Å². The number of carboxylic acid groups (broad SMARTS) is 1. The van der Waals surface area contributed by atoms with Gasteiger partial charge in [0.1, 0.15) is 0 Å². The fraction of sp³-hybridized carbons (Fsp3) is 0.818. The molecule has 0 amide bonds. The Bertz CT molecular complexity index is 392. The van der Waals surface area contributed by atoms with Crippen LogP contribution in [0.15, 0.2) is 0 Å². The van der Waals surface area contributed by atoms with Gasteiger partial charge in [-0.25, -0.2) is 13.1 Å². The Kier molecular flexibility index (Phi) is 8.33. The van der Waals surface area contributed by atoms with Crippen LogP contribution in [-0.2, 0) is 24.3 Å². The highest BCUT2D eigenvalue weighted by Gasteiger charge is 2.17. The molecule has 7 nitrogen and oxygen atoms in total. The molecule has 112 valence electrons. The van der Waals surface area contributed by atoms with Crippen LogP contribution in [0.3, 0.4) is 0 Å². The van der Waals surface area contributed by atoms with Crippen LogP contribution in [0.1, 0.15) is 33.1 Å². The number of sulfonamides is 1. The van der Waals surface area contributed by atoms with Crippen molar-refractivity contribution in [2.24, 2.45) is 5.92 Å². The normalized spacial score (nSPS) is 12.9. The molecule has 0 aromatic rings. The van der Waals surface area contributed by atoms with Crippen molar-refractivity contribution in [3.05, 3.63) is 0 Å². The second-order valence-corrected chi connectivity index (χ2v) is 6.09. The van der Waals surface area contributed by atoms with E-state index in [1.807, 2.05) is 6.92 Å². The summed E-state index contributed by atoms with van der Waals surface area (Å²) in [6.45, 7) is 3.77. The highest BCUT2D eigenvalue weighted by atomic mass is 32.2. The molecule has 1 unspecified atom stereocenters. The van der Waals surface area contributed by atoms with E-state index in [2.05, 4.69) is 9.46 Å². The fourth-order valence-corrected chi connectivity index (χ4v) is 2.31. The number of ether oxygens (including phenoxy) is 1. The Morgan fingerprint density at radius 2 is 1.95 bits per heavy atom. The number of carbonyl (C=O) groups excluding carboxylic acids is 1. The number of esters is 1. The van der Waals surface area contributed by atoms with E-state index in [0.29, 0.717) is 12.8 Å². The summed E-state index contributed by atoms with van der Waals surface area (Å²) in [4.78, 5) is 21.4. The van der Waals surface area contributed by atoms with Gasteiger partial charge >= 0.3 is 11.9 Å². The average Bonchev–Trinajstić information content (AvgIpc) is 2.25. The second-order valence-electron chi connectivity index (χ2n) is 4.28. The summed E-state index contributed by atoms with van der Waals surface area (Å²) in [6, 6.07) is 0. The van der Waals surface area contributed by atoms with E-state index in [1.54, 1.807) is 6.92 Å². The molecule has 0 aliphatic carbocycles. The van der Waals surface area contributed by atoms with Crippen LogP contribution in [0.25, 0.3) is 0 Å². The summed E-state index contributed by atoms with van der Waals surface area (Å²) in [5.41, 5.74) is 0. The molecule has 0 heterocycles. The predicted molar refractivity (Wildman–Crippen MR) is 69.1 cm³/mol. The number of carboxylic acids is 1. The Morgan fingerprint density at radius 3 is 2.47 bits per heavy atom. The summed E-state index contributed by atoms with van der Waals surface area (Å²) in [6.07, 6.45) is 1.08. The number of rotatable bonds is 10. The molecular formula is C11H21NO6S. The van der Waals surface area contributed by atoms with Crippen molar-refractivity contribution in [3.8, 4) is 0 Å². The summed E-state index contributed by atoms with van der Waals surface area (Å²) in [5.74, 6) is -2.24. The lowest BCUT2D eigenvalue weighted by Crippen LogP contribution is -2.32. The first kappa shape index (κ1) is 17.8. The minimum Gasteiger partial charge on any atom is -0.481 e. The van der Waals surface area contributed by atoms with Crippen molar-refractivity contribution < 1.29 is 27.9 Å². The first-order valence-corrected chi connectivity index (χ1v) is 7.76. The highest BCUT2D eigenvalue weighted by molar-refractivity contribution is 7.90. The maximum Gasteiger partial charge on any atom is 0.322 e. The molecule has 19 heavy (non-hydrogen) atoms. The van der Waals surface area contributed by atoms with Gasteiger partial charge in [-0.2, -0.15) is 0 Å². The van der Waals surface area contributed by atoms with Crippen LogP contribution in [0, 0.1) is 5.92 Å². The largest absolute Gasteiger partial charge is 0.481 e. The van der Waals surface area contributed by atoms with Gasteiger partial charge in [-0.05, 0) is 25.7 Å². The lowest BCUT2D eigenvalue weighted by atomic mass is 10.0. The van der Waals surface area contributed by atoms with Crippen LogP contribution in [-0.4, -0.2) is 44.4 Å². The van der Waals surface area contributed by atoms with E-state index in [1.165, 1.54) is 0 Å². The summed E-state index contributed by atoms with van der Waals surface area (Å²) in [5, 5.41) is 8.50. The molecule has 0 fully saturated rings. The standard InChI is InChI=1S/C11H21NO6S/c1-3-18-11(15)8-19(16,17)12-7-6-9(2)4-5-10(13)14/h9,12H,3-8H2,1-2H3,(H,13,14). The molecule has 0 saturated carbocycles. The van der Waals surface area contributed by atoms with E-state index in [4.69, 9.17) is 5.11 Å². The van der Waals surface area contributed by atoms with Crippen molar-refractivity contribution in [1.82, 2.24) is 4.72 Å². The van der Waals surface area contributed by atoms with Crippen molar-refractivity contribution in [2.45, 2.75) is 33.1 Å². The molecule has 0 aliphatic heterocycles. The van der Waals surface area contributed by atoms with Crippen molar-refractivity contribution >= 4 is 22.0 Å². The molecule has 0 radical (unpaired) electrons. The van der Waals surface area contributed by atoms with Crippen molar-refractivity contribution in [1.29, 1.82) is 0 Å². The monoisotopic (exact) mass is 295 g/mol. The third-order valence-electron chi connectivity index (χ3n) is 2.42. The molecule has 8 heteroatoms. The minimum atomic E-state index is -3.67. The molecule has 1 atom stereocenters. The highest BCUT2D eigenvalue weighted by Crippen LogP contribution is 2.09. The zero-order chi connectivity index (χ0) is 14.9. The lowest BCUT2D eigenvalue weighted by Gasteiger charge is -2.10. The number of nitrogens with one attached hydrogen (secondary N) is 1. The zero-order valence-corrected chi connectivity index (χ0v) is 12.0. The molecule has 0 rings (SSSR count). The Hall–Kier alpha value is -1.15. The lowest BCUT2D eigenvalue weighted by molar-refractivity contribution is -0.140. The predicted octanol–water partition coefficient (Wildman–Crippen LogP) is 0.360. The van der Waals surface area contributed by atoms with Crippen LogP contribution in [0.5, 0.6) is 0 Å². The average molecular weight is 295 g/mol. The third kappa shape index (κ3) is 10.5. The summed E-state index contributed by atoms with van der Waals surface area (Å²) < 4.78 is 29.8. The van der Waals surface area contributed by atoms with Crippen molar-refractivity contribution in [2.75, 3.05) is 18.9 Å². The van der Waals surface area contributed by atoms with Gasteiger partial charge in [-0.1, -0.05) is 6.92 Å². The van der Waals surface area contributed by atoms with E-state index >= 15 is 0 Å². The van der Waals surface area contributed by atoms with Crippen LogP contribution < -0.4 is 4.72 Å². The van der Waals surface area contributed by atoms with Gasteiger partial charge in [0.15, 0.2) is 5.75 Å². The summed E-state index contributed by atoms with van der Waals surface area (Å²) >= 11 is 0. The zero-order valence-electron chi connectivity index (χ0n) is 11.2. The number of aliphatic carboxylic acids is 1. The number of hydrogen-bond donors (Lipinski definition) is 2. The van der Waals surface area contributed by atoms with Crippen LogP contribution in [0.4, 0.5) is 0 Å². The molecule has 0 saturated heterocycles. The fourth-order valence-electron chi connectivity index (χ4n) is 1.38. The van der Waals surface area contributed by atoms with Crippen molar-refractivity contribution in [3.63, 3.8) is 0 Å². The topological polar surface area (TPSA) is 110 Å². The molecule has 0 bridgehead atoms. The molecule has 0 aromatic heterocycles. The Labute approximate surface area is 113 Å². The number of carbonyl (C=O) groups is 2. The van der Waals surface area contributed by atoms with Gasteiger partial charge in [0.05, 0.1) is 6.61 Å². The smallest absolute Gasteiger partial charge is 0.322 e. The third-order valence-corrected chi connectivity index (χ3v) is 3.68. The molecular weight excluding hydrogens is 274 g/mol. The van der Waals surface area contributed by atoms with Gasteiger partial charge in [0, 0.05) is 13.0 Å². The van der Waals surface area contributed by atoms with Gasteiger partial charge in [0.25, 0.3) is 0 Å². The Morgan fingerprint density at radius 1 is 1.32 bits per heavy atom. The van der Waals surface area contributed by atoms with E-state index < -0.39 is 27.7 Å². The van der Waals surface area contributed by atoms with E-state index in [9.17, 15) is 18.0 Å². The van der Waals surface area contributed by atoms with Crippen LogP contribution >= 0.6 is 0 Å². The quantitative estimate of drug-likeness (QED) is 0.563. The molecule has 0 spiro atoms. The SMILES string of the molecule is CCOC(=O)CS(=O)(=O)NCCC(C)CCC(=O)O. The maximum atomic E-state index is 11.5. The van der Waals surface area contributed by atoms with Gasteiger partial charge in [0.2, 0.25) is 10.0 Å². The number of hydrogen-bond acceptors (Lipinski definition) is 5. The maximum absolute atomic E-state index is 11.5. The summed E-state index contributed by atoms with van der Waals surface area (Å²) in [7, 11) is -3.67. The first-order valence-electron chi connectivity index (χ1n) is 6.11. The molecule has 0 aromatic carbocycles. The van der Waals surface area contributed by atoms with E-state index in [0.717, 1.165) is 0 Å². The molecule has 2 N–H and O–H groups in total. The minimum absolute atomic E-state index is 0.0662. The van der Waals surface area contributed by atoms with Gasteiger partial charge < -0.3 is 9.84 Å². The second kappa shape index (κ2) is 8.87. The Balaban J connectivity index is 3.92. The molecule has 0 aliphatic rings. The first-order chi connectivity index (χ1) is 8.76.